The van der Waals surface area contributed by atoms with Gasteiger partial charge in [-0.15, -0.1) is 0 Å². The summed E-state index contributed by atoms with van der Waals surface area (Å²) in [5, 5.41) is 0. The minimum atomic E-state index is 0. The van der Waals surface area contributed by atoms with E-state index in [0.29, 0.717) is 0 Å². The molecule has 0 unspecified atom stereocenters. The second-order valence-corrected chi connectivity index (χ2v) is 10.8. The Morgan fingerprint density at radius 1 is 0.368 bits per heavy atom. The van der Waals surface area contributed by atoms with Crippen molar-refractivity contribution in [3.63, 3.8) is 0 Å². The molecule has 3 aromatic carbocycles. The highest BCUT2D eigenvalue weighted by atomic mass is 127. The van der Waals surface area contributed by atoms with Crippen LogP contribution in [0.2, 0.25) is 0 Å². The highest BCUT2D eigenvalue weighted by molar-refractivity contribution is 5.70. The molecular weight excluding hydrogens is 573 g/mol. The van der Waals surface area contributed by atoms with Crippen molar-refractivity contribution < 1.29 is 24.0 Å². The van der Waals surface area contributed by atoms with E-state index in [2.05, 4.69) is 97.9 Å². The number of benzene rings is 3. The Morgan fingerprint density at radius 2 is 0.632 bits per heavy atom. The first-order chi connectivity index (χ1) is 18.4. The zero-order chi connectivity index (χ0) is 25.9. The number of hydrogen-bond acceptors (Lipinski definition) is 0. The van der Waals surface area contributed by atoms with Crippen LogP contribution in [0.1, 0.15) is 110 Å². The Balaban J connectivity index is 0.00000507. The number of para-hydroxylation sites is 3. The van der Waals surface area contributed by atoms with E-state index < -0.39 is 0 Å². The predicted octanol–water partition coefficient (Wildman–Crippen LogP) is 8.92. The van der Waals surface area contributed by atoms with Crippen molar-refractivity contribution in [2.45, 2.75) is 110 Å². The fourth-order valence-corrected chi connectivity index (χ4v) is 5.78. The molecule has 1 nitrogen and oxygen atoms in total. The summed E-state index contributed by atoms with van der Waals surface area (Å²) in [6.45, 7) is 3.39. The molecule has 3 aromatic rings. The van der Waals surface area contributed by atoms with Crippen molar-refractivity contribution in [2.75, 3.05) is 6.54 Å². The maximum atomic E-state index is 2.30. The molecule has 0 radical (unpaired) electrons. The lowest BCUT2D eigenvalue weighted by molar-refractivity contribution is -0.00000767. The molecule has 3 rings (SSSR count). The summed E-state index contributed by atoms with van der Waals surface area (Å²) in [7, 11) is 0. The first-order valence-corrected chi connectivity index (χ1v) is 15.4. The SMILES string of the molecule is CCCCCCCCCCCCCCCCCC[N+](c1ccccc1)(c1ccccc1)c1ccccc1.[I-]. The van der Waals surface area contributed by atoms with Gasteiger partial charge in [0.1, 0.15) is 17.1 Å². The van der Waals surface area contributed by atoms with Gasteiger partial charge < -0.3 is 24.0 Å². The third kappa shape index (κ3) is 10.8. The van der Waals surface area contributed by atoms with Crippen molar-refractivity contribution in [2.24, 2.45) is 0 Å². The minimum Gasteiger partial charge on any atom is -1.00 e. The van der Waals surface area contributed by atoms with Crippen LogP contribution in [0.15, 0.2) is 91.0 Å². The summed E-state index contributed by atoms with van der Waals surface area (Å²) in [4.78, 5) is 0. The molecule has 0 aliphatic carbocycles. The van der Waals surface area contributed by atoms with E-state index in [9.17, 15) is 0 Å². The molecule has 0 spiro atoms. The monoisotopic (exact) mass is 625 g/mol. The van der Waals surface area contributed by atoms with Gasteiger partial charge in [0.15, 0.2) is 0 Å². The third-order valence-corrected chi connectivity index (χ3v) is 7.94. The van der Waals surface area contributed by atoms with E-state index in [-0.39, 0.29) is 24.0 Å². The van der Waals surface area contributed by atoms with Crippen molar-refractivity contribution in [3.05, 3.63) is 91.0 Å². The molecule has 38 heavy (non-hydrogen) atoms. The number of hydrogen-bond donors (Lipinski definition) is 0. The first-order valence-electron chi connectivity index (χ1n) is 15.4. The maximum absolute atomic E-state index is 2.30. The second kappa shape index (κ2) is 20.3. The van der Waals surface area contributed by atoms with Crippen molar-refractivity contribution in [1.29, 1.82) is 0 Å². The largest absolute Gasteiger partial charge is 1.00 e. The van der Waals surface area contributed by atoms with Crippen LogP contribution in [0.25, 0.3) is 0 Å². The fourth-order valence-electron chi connectivity index (χ4n) is 5.78. The van der Waals surface area contributed by atoms with Crippen LogP contribution in [-0.4, -0.2) is 6.54 Å². The van der Waals surface area contributed by atoms with Gasteiger partial charge in [0, 0.05) is 0 Å². The van der Waals surface area contributed by atoms with Crippen LogP contribution in [0.5, 0.6) is 0 Å². The minimum absolute atomic E-state index is 0. The molecule has 2 heteroatoms. The molecule has 0 N–H and O–H groups in total. The van der Waals surface area contributed by atoms with Crippen LogP contribution in [-0.2, 0) is 0 Å². The number of unbranched alkanes of at least 4 members (excludes halogenated alkanes) is 15. The van der Waals surface area contributed by atoms with E-state index in [4.69, 9.17) is 0 Å². The number of nitrogens with zero attached hydrogens (tertiary/aromatic N) is 1. The lowest BCUT2D eigenvalue weighted by Gasteiger charge is -2.37. The summed E-state index contributed by atoms with van der Waals surface area (Å²) in [6, 6.07) is 33.3. The van der Waals surface area contributed by atoms with E-state index in [1.54, 1.807) is 0 Å². The number of quaternary nitrogens is 1. The lowest BCUT2D eigenvalue weighted by atomic mass is 10.0. The fraction of sp³-hybridized carbons (Fsp3) is 0.500. The molecule has 0 aromatic heterocycles. The number of halogens is 1. The Bertz CT molecular complexity index is 829. The van der Waals surface area contributed by atoms with E-state index in [1.807, 2.05) is 0 Å². The Morgan fingerprint density at radius 3 is 0.921 bits per heavy atom. The Kier molecular flexibility index (Phi) is 17.4. The lowest BCUT2D eigenvalue weighted by Crippen LogP contribution is -3.00. The summed E-state index contributed by atoms with van der Waals surface area (Å²) in [6.07, 6.45) is 22.5. The van der Waals surface area contributed by atoms with Gasteiger partial charge in [-0.05, 0) is 49.2 Å². The van der Waals surface area contributed by atoms with Gasteiger partial charge in [-0.1, -0.05) is 151 Å². The van der Waals surface area contributed by atoms with Gasteiger partial charge >= 0.3 is 0 Å². The Labute approximate surface area is 251 Å². The average Bonchev–Trinajstić information content (AvgIpc) is 2.96. The normalized spacial score (nSPS) is 11.3. The van der Waals surface area contributed by atoms with Crippen molar-refractivity contribution in [3.8, 4) is 0 Å². The predicted molar refractivity (Wildman–Crippen MR) is 165 cm³/mol. The zero-order valence-corrected chi connectivity index (χ0v) is 26.2. The Hall–Kier alpha value is -1.65. The molecule has 0 atom stereocenters. The van der Waals surface area contributed by atoms with Crippen molar-refractivity contribution >= 4 is 17.1 Å². The summed E-state index contributed by atoms with van der Waals surface area (Å²) in [5.41, 5.74) is 4.04. The van der Waals surface area contributed by atoms with Crippen LogP contribution in [0, 0.1) is 0 Å². The quantitative estimate of drug-likeness (QED) is 0.0668. The van der Waals surface area contributed by atoms with Crippen LogP contribution in [0.3, 0.4) is 0 Å². The molecular formula is C36H52IN. The van der Waals surface area contributed by atoms with E-state index >= 15 is 0 Å². The van der Waals surface area contributed by atoms with Gasteiger partial charge in [-0.2, -0.15) is 0 Å². The van der Waals surface area contributed by atoms with E-state index in [1.165, 1.54) is 120 Å². The van der Waals surface area contributed by atoms with Crippen LogP contribution in [0.4, 0.5) is 17.1 Å². The van der Waals surface area contributed by atoms with Gasteiger partial charge in [-0.3, -0.25) is 0 Å². The number of rotatable bonds is 20. The molecule has 0 fully saturated rings. The third-order valence-electron chi connectivity index (χ3n) is 7.94. The summed E-state index contributed by atoms with van der Waals surface area (Å²) >= 11 is 0. The van der Waals surface area contributed by atoms with Crippen LogP contribution < -0.4 is 28.5 Å². The molecule has 0 heterocycles. The smallest absolute Gasteiger partial charge is 0.143 e. The first kappa shape index (κ1) is 32.6. The van der Waals surface area contributed by atoms with Gasteiger partial charge in [0.2, 0.25) is 0 Å². The summed E-state index contributed by atoms with van der Waals surface area (Å²) < 4.78 is 0.793. The molecule has 0 saturated carbocycles. The molecule has 208 valence electrons. The molecule has 0 bridgehead atoms. The molecule has 0 aliphatic heterocycles. The van der Waals surface area contributed by atoms with Gasteiger partial charge in [0.05, 0.1) is 6.54 Å². The molecule has 0 amide bonds. The summed E-state index contributed by atoms with van der Waals surface area (Å²) in [5.74, 6) is 0. The second-order valence-electron chi connectivity index (χ2n) is 10.8. The highest BCUT2D eigenvalue weighted by Crippen LogP contribution is 2.43. The van der Waals surface area contributed by atoms with Gasteiger partial charge in [0.25, 0.3) is 0 Å². The van der Waals surface area contributed by atoms with E-state index in [0.717, 1.165) is 11.0 Å². The topological polar surface area (TPSA) is 0 Å². The average molecular weight is 626 g/mol. The zero-order valence-electron chi connectivity index (χ0n) is 24.0. The molecule has 0 aliphatic rings. The van der Waals surface area contributed by atoms with Crippen molar-refractivity contribution in [1.82, 2.24) is 4.48 Å². The molecule has 0 saturated heterocycles. The van der Waals surface area contributed by atoms with Crippen LogP contribution >= 0.6 is 0 Å². The maximum Gasteiger partial charge on any atom is 0.143 e. The standard InChI is InChI=1S/C36H52N.HI/c1-2-3-4-5-6-7-8-9-10-11-12-13-14-15-16-26-33-37(34-27-20-17-21-28-34,35-29-22-18-23-30-35)36-31-24-19-25-32-36;/h17-25,27-32H,2-16,26,33H2,1H3;1H/q+1;/p-1. The van der Waals surface area contributed by atoms with Gasteiger partial charge in [-0.25, -0.2) is 4.48 Å². The highest BCUT2D eigenvalue weighted by Gasteiger charge is 2.35.